The molecule has 3 rings (SSSR count). The first-order valence-corrected chi connectivity index (χ1v) is 11.9. The van der Waals surface area contributed by atoms with Gasteiger partial charge >= 0.3 is 5.97 Å². The van der Waals surface area contributed by atoms with Crippen molar-refractivity contribution >= 4 is 30.5 Å². The van der Waals surface area contributed by atoms with Crippen LogP contribution in [0, 0.1) is 0 Å². The normalized spacial score (nSPS) is 19.3. The SMILES string of the molecule is C[C@H](Cn1cnc2c(N)ncnc21)OCP(=O)(O)N[C@H](C)C(=O)OC1CCCCC1. The van der Waals surface area contributed by atoms with Crippen molar-refractivity contribution in [1.29, 1.82) is 0 Å². The maximum Gasteiger partial charge on any atom is 0.323 e. The number of aromatic nitrogens is 4. The standard InChI is InChI=1S/C18H29N6O5P/c1-12(8-24-10-22-15-16(19)20-9-21-17(15)24)28-11-30(26,27)23-13(2)18(25)29-14-6-4-3-5-7-14/h9-10,12-14H,3-8,11H2,1-2H3,(H2,19,20,21)(H2,23,26,27)/t12-,13-/m1/s1. The molecule has 0 radical (unpaired) electrons. The van der Waals surface area contributed by atoms with Crippen LogP contribution in [-0.4, -0.2) is 55.0 Å². The van der Waals surface area contributed by atoms with Crippen LogP contribution in [0.5, 0.6) is 0 Å². The minimum Gasteiger partial charge on any atom is -0.461 e. The summed E-state index contributed by atoms with van der Waals surface area (Å²) in [4.78, 5) is 34.6. The van der Waals surface area contributed by atoms with E-state index in [4.69, 9.17) is 15.2 Å². The Hall–Kier alpha value is -2.07. The molecule has 3 atom stereocenters. The third-order valence-corrected chi connectivity index (χ3v) is 6.29. The van der Waals surface area contributed by atoms with E-state index in [9.17, 15) is 14.3 Å². The number of nitrogens with one attached hydrogen (secondary N) is 1. The Morgan fingerprint density at radius 3 is 2.80 bits per heavy atom. The highest BCUT2D eigenvalue weighted by Gasteiger charge is 2.28. The second kappa shape index (κ2) is 9.82. The van der Waals surface area contributed by atoms with Crippen molar-refractivity contribution in [3.8, 4) is 0 Å². The van der Waals surface area contributed by atoms with E-state index >= 15 is 0 Å². The van der Waals surface area contributed by atoms with Crippen molar-refractivity contribution in [3.05, 3.63) is 12.7 Å². The molecule has 1 aliphatic carbocycles. The van der Waals surface area contributed by atoms with Crippen LogP contribution in [0.2, 0.25) is 0 Å². The number of hydrogen-bond acceptors (Lipinski definition) is 8. The number of fused-ring (bicyclic) bond motifs is 1. The predicted octanol–water partition coefficient (Wildman–Crippen LogP) is 1.81. The molecule has 0 saturated heterocycles. The van der Waals surface area contributed by atoms with Gasteiger partial charge in [0.15, 0.2) is 11.5 Å². The molecule has 0 amide bonds. The molecular formula is C18H29N6O5P. The molecule has 166 valence electrons. The molecule has 2 heterocycles. The lowest BCUT2D eigenvalue weighted by molar-refractivity contribution is -0.152. The zero-order valence-corrected chi connectivity index (χ0v) is 18.1. The van der Waals surface area contributed by atoms with Gasteiger partial charge in [0.1, 0.15) is 30.3 Å². The number of nitrogens with two attached hydrogens (primary N) is 1. The summed E-state index contributed by atoms with van der Waals surface area (Å²) in [6.07, 6.45) is 6.86. The summed E-state index contributed by atoms with van der Waals surface area (Å²) in [5, 5.41) is 2.45. The average Bonchev–Trinajstić information content (AvgIpc) is 3.11. The average molecular weight is 440 g/mol. The Balaban J connectivity index is 1.47. The molecule has 1 saturated carbocycles. The molecule has 0 aliphatic heterocycles. The van der Waals surface area contributed by atoms with Gasteiger partial charge in [-0.1, -0.05) is 6.42 Å². The largest absolute Gasteiger partial charge is 0.461 e. The van der Waals surface area contributed by atoms with Crippen LogP contribution in [0.3, 0.4) is 0 Å². The first-order valence-electron chi connectivity index (χ1n) is 10.1. The van der Waals surface area contributed by atoms with Crippen LogP contribution < -0.4 is 10.8 Å². The first kappa shape index (κ1) is 22.6. The Bertz CT molecular complexity index is 916. The molecule has 4 N–H and O–H groups in total. The van der Waals surface area contributed by atoms with Crippen LogP contribution in [0.1, 0.15) is 46.0 Å². The predicted molar refractivity (Wildman–Crippen MR) is 111 cm³/mol. The van der Waals surface area contributed by atoms with Gasteiger partial charge in [0.25, 0.3) is 7.52 Å². The van der Waals surface area contributed by atoms with Gasteiger partial charge in [-0.3, -0.25) is 9.36 Å². The van der Waals surface area contributed by atoms with E-state index < -0.39 is 32.0 Å². The molecule has 0 spiro atoms. The number of carbonyl (C=O) groups is 1. The van der Waals surface area contributed by atoms with E-state index in [2.05, 4.69) is 20.0 Å². The van der Waals surface area contributed by atoms with Crippen LogP contribution in [0.15, 0.2) is 12.7 Å². The van der Waals surface area contributed by atoms with Gasteiger partial charge in [0, 0.05) is 0 Å². The number of anilines is 1. The van der Waals surface area contributed by atoms with Crippen LogP contribution >= 0.6 is 7.52 Å². The molecule has 1 aliphatic rings. The maximum atomic E-state index is 12.4. The second-order valence-corrected chi connectivity index (χ2v) is 9.60. The highest BCUT2D eigenvalue weighted by atomic mass is 31.2. The summed E-state index contributed by atoms with van der Waals surface area (Å²) in [5.74, 6) is -0.239. The lowest BCUT2D eigenvalue weighted by atomic mass is 9.98. The van der Waals surface area contributed by atoms with Gasteiger partial charge in [-0.2, -0.15) is 0 Å². The van der Waals surface area contributed by atoms with E-state index in [1.807, 2.05) is 0 Å². The van der Waals surface area contributed by atoms with Crippen molar-refractivity contribution in [2.75, 3.05) is 12.1 Å². The fourth-order valence-corrected chi connectivity index (χ4v) is 4.67. The molecule has 1 fully saturated rings. The van der Waals surface area contributed by atoms with E-state index in [1.165, 1.54) is 13.3 Å². The number of rotatable bonds is 9. The van der Waals surface area contributed by atoms with Gasteiger partial charge < -0.3 is 24.7 Å². The Morgan fingerprint density at radius 1 is 1.33 bits per heavy atom. The van der Waals surface area contributed by atoms with E-state index in [-0.39, 0.29) is 11.9 Å². The Kier molecular flexibility index (Phi) is 7.41. The first-order chi connectivity index (χ1) is 14.2. The number of imidazole rings is 1. The number of ether oxygens (including phenoxy) is 2. The molecule has 2 aromatic rings. The van der Waals surface area contributed by atoms with Crippen molar-refractivity contribution < 1.29 is 23.7 Å². The fraction of sp³-hybridized carbons (Fsp3) is 0.667. The van der Waals surface area contributed by atoms with Crippen molar-refractivity contribution in [2.45, 2.75) is 70.7 Å². The molecule has 11 nitrogen and oxygen atoms in total. The van der Waals surface area contributed by atoms with Crippen molar-refractivity contribution in [1.82, 2.24) is 24.6 Å². The zero-order valence-electron chi connectivity index (χ0n) is 17.2. The maximum absolute atomic E-state index is 12.4. The number of hydrogen-bond donors (Lipinski definition) is 3. The molecular weight excluding hydrogens is 411 g/mol. The highest BCUT2D eigenvalue weighted by Crippen LogP contribution is 2.36. The quantitative estimate of drug-likeness (QED) is 0.388. The highest BCUT2D eigenvalue weighted by molar-refractivity contribution is 7.55. The summed E-state index contributed by atoms with van der Waals surface area (Å²) < 4.78 is 25.2. The summed E-state index contributed by atoms with van der Waals surface area (Å²) in [5.41, 5.74) is 6.82. The molecule has 30 heavy (non-hydrogen) atoms. The van der Waals surface area contributed by atoms with Gasteiger partial charge in [-0.15, -0.1) is 0 Å². The molecule has 12 heteroatoms. The van der Waals surface area contributed by atoms with E-state index in [0.717, 1.165) is 32.1 Å². The van der Waals surface area contributed by atoms with Crippen LogP contribution in [0.4, 0.5) is 5.82 Å². The molecule has 2 aromatic heterocycles. The smallest absolute Gasteiger partial charge is 0.323 e. The molecule has 0 aromatic carbocycles. The minimum absolute atomic E-state index is 0.104. The number of esters is 1. The Morgan fingerprint density at radius 2 is 2.07 bits per heavy atom. The van der Waals surface area contributed by atoms with Gasteiger partial charge in [-0.25, -0.2) is 20.0 Å². The second-order valence-electron chi connectivity index (χ2n) is 7.68. The van der Waals surface area contributed by atoms with E-state index in [1.54, 1.807) is 17.8 Å². The topological polar surface area (TPSA) is 154 Å². The summed E-state index contributed by atoms with van der Waals surface area (Å²) in [6, 6.07) is -0.904. The molecule has 1 unspecified atom stereocenters. The number of nitrogen functional groups attached to an aromatic ring is 1. The third kappa shape index (κ3) is 5.98. The van der Waals surface area contributed by atoms with Crippen LogP contribution in [0.25, 0.3) is 11.2 Å². The van der Waals surface area contributed by atoms with Crippen LogP contribution in [-0.2, 0) is 25.4 Å². The van der Waals surface area contributed by atoms with Gasteiger partial charge in [-0.05, 0) is 39.5 Å². The van der Waals surface area contributed by atoms with Gasteiger partial charge in [0.2, 0.25) is 0 Å². The monoisotopic (exact) mass is 440 g/mol. The third-order valence-electron chi connectivity index (χ3n) is 5.00. The zero-order chi connectivity index (χ0) is 21.7. The number of carbonyl (C=O) groups excluding carboxylic acids is 1. The summed E-state index contributed by atoms with van der Waals surface area (Å²) in [7, 11) is -3.90. The Labute approximate surface area is 174 Å². The van der Waals surface area contributed by atoms with E-state index in [0.29, 0.717) is 17.7 Å². The molecule has 0 bridgehead atoms. The summed E-state index contributed by atoms with van der Waals surface area (Å²) >= 11 is 0. The fourth-order valence-electron chi connectivity index (χ4n) is 3.43. The minimum atomic E-state index is -3.90. The number of nitrogens with zero attached hydrogens (tertiary/aromatic N) is 4. The lowest BCUT2D eigenvalue weighted by Gasteiger charge is -2.25. The summed E-state index contributed by atoms with van der Waals surface area (Å²) in [6.45, 7) is 3.63. The van der Waals surface area contributed by atoms with Crippen molar-refractivity contribution in [2.24, 2.45) is 0 Å². The van der Waals surface area contributed by atoms with Crippen molar-refractivity contribution in [3.63, 3.8) is 0 Å². The lowest BCUT2D eigenvalue weighted by Crippen LogP contribution is -2.37. The van der Waals surface area contributed by atoms with Gasteiger partial charge in [0.05, 0.1) is 19.0 Å².